The van der Waals surface area contributed by atoms with Crippen LogP contribution in [0.1, 0.15) is 10.4 Å². The van der Waals surface area contributed by atoms with Crippen LogP contribution in [0.15, 0.2) is 30.7 Å². The standard InChI is InChI=1S/C12H8ClN3O2/c1-18-12(17)7-2-3-9-8(4-7)15-11(13)10-5-14-6-16(9)10/h2-6H,1H3. The van der Waals surface area contributed by atoms with Gasteiger partial charge in [0.2, 0.25) is 0 Å². The third-order valence-corrected chi connectivity index (χ3v) is 3.00. The number of nitrogens with zero attached hydrogens (tertiary/aromatic N) is 3. The molecule has 0 spiro atoms. The Morgan fingerprint density at radius 2 is 2.22 bits per heavy atom. The number of ether oxygens (including phenoxy) is 1. The molecule has 0 atom stereocenters. The minimum atomic E-state index is -0.402. The zero-order valence-electron chi connectivity index (χ0n) is 9.42. The Hall–Kier alpha value is -2.14. The lowest BCUT2D eigenvalue weighted by atomic mass is 10.2. The van der Waals surface area contributed by atoms with Crippen molar-refractivity contribution >= 4 is 34.1 Å². The van der Waals surface area contributed by atoms with Gasteiger partial charge < -0.3 is 4.74 Å². The van der Waals surface area contributed by atoms with Gasteiger partial charge >= 0.3 is 5.97 Å². The van der Waals surface area contributed by atoms with Gasteiger partial charge in [-0.05, 0) is 18.2 Å². The predicted molar refractivity (Wildman–Crippen MR) is 66.8 cm³/mol. The molecule has 0 saturated carbocycles. The van der Waals surface area contributed by atoms with E-state index in [1.54, 1.807) is 30.7 Å². The van der Waals surface area contributed by atoms with E-state index in [1.165, 1.54) is 7.11 Å². The van der Waals surface area contributed by atoms with Crippen LogP contribution in [0.3, 0.4) is 0 Å². The number of benzene rings is 1. The van der Waals surface area contributed by atoms with Gasteiger partial charge in [-0.25, -0.2) is 14.8 Å². The number of halogens is 1. The molecule has 18 heavy (non-hydrogen) atoms. The Labute approximate surface area is 107 Å². The van der Waals surface area contributed by atoms with Crippen molar-refractivity contribution in [3.8, 4) is 0 Å². The van der Waals surface area contributed by atoms with E-state index in [0.717, 1.165) is 11.0 Å². The fourth-order valence-corrected chi connectivity index (χ4v) is 2.10. The van der Waals surface area contributed by atoms with Crippen molar-refractivity contribution in [3.63, 3.8) is 0 Å². The van der Waals surface area contributed by atoms with E-state index in [1.807, 2.05) is 4.40 Å². The van der Waals surface area contributed by atoms with E-state index in [4.69, 9.17) is 11.6 Å². The summed E-state index contributed by atoms with van der Waals surface area (Å²) in [7, 11) is 1.34. The number of fused-ring (bicyclic) bond motifs is 3. The van der Waals surface area contributed by atoms with Crippen LogP contribution in [-0.4, -0.2) is 27.4 Å². The highest BCUT2D eigenvalue weighted by atomic mass is 35.5. The number of carbonyl (C=O) groups is 1. The Kier molecular flexibility index (Phi) is 2.41. The van der Waals surface area contributed by atoms with Crippen molar-refractivity contribution in [1.82, 2.24) is 14.4 Å². The molecule has 0 unspecified atom stereocenters. The van der Waals surface area contributed by atoms with Crippen LogP contribution < -0.4 is 0 Å². The Bertz CT molecular complexity index is 766. The lowest BCUT2D eigenvalue weighted by Gasteiger charge is -2.05. The summed E-state index contributed by atoms with van der Waals surface area (Å²) in [5.74, 6) is -0.402. The van der Waals surface area contributed by atoms with Gasteiger partial charge in [-0.1, -0.05) is 11.6 Å². The van der Waals surface area contributed by atoms with E-state index < -0.39 is 5.97 Å². The SMILES string of the molecule is COC(=O)c1ccc2c(c1)nc(Cl)c1cncn12. The van der Waals surface area contributed by atoms with Crippen molar-refractivity contribution in [3.05, 3.63) is 41.4 Å². The van der Waals surface area contributed by atoms with Gasteiger partial charge in [-0.3, -0.25) is 4.40 Å². The molecule has 2 heterocycles. The molecule has 0 bridgehead atoms. The average molecular weight is 262 g/mol. The second kappa shape index (κ2) is 3.96. The highest BCUT2D eigenvalue weighted by Gasteiger charge is 2.10. The zero-order chi connectivity index (χ0) is 12.7. The summed E-state index contributed by atoms with van der Waals surface area (Å²) in [5, 5.41) is 0.349. The maximum absolute atomic E-state index is 11.5. The van der Waals surface area contributed by atoms with Gasteiger partial charge in [0.05, 0.1) is 36.2 Å². The van der Waals surface area contributed by atoms with Crippen LogP contribution in [0.4, 0.5) is 0 Å². The molecular weight excluding hydrogens is 254 g/mol. The highest BCUT2D eigenvalue weighted by molar-refractivity contribution is 6.33. The van der Waals surface area contributed by atoms with Gasteiger partial charge in [0.1, 0.15) is 5.52 Å². The fraction of sp³-hybridized carbons (Fsp3) is 0.0833. The molecule has 3 rings (SSSR count). The number of methoxy groups -OCH3 is 1. The van der Waals surface area contributed by atoms with Gasteiger partial charge in [0.15, 0.2) is 5.15 Å². The quantitative estimate of drug-likeness (QED) is 0.631. The van der Waals surface area contributed by atoms with Gasteiger partial charge in [0, 0.05) is 0 Å². The van der Waals surface area contributed by atoms with E-state index in [9.17, 15) is 4.79 Å². The first kappa shape index (κ1) is 11.0. The minimum Gasteiger partial charge on any atom is -0.465 e. The molecule has 90 valence electrons. The van der Waals surface area contributed by atoms with Crippen LogP contribution in [0.2, 0.25) is 5.15 Å². The first-order valence-corrected chi connectivity index (χ1v) is 5.58. The maximum atomic E-state index is 11.5. The number of carbonyl (C=O) groups excluding carboxylic acids is 1. The van der Waals surface area contributed by atoms with Crippen LogP contribution in [-0.2, 0) is 4.74 Å². The predicted octanol–water partition coefficient (Wildman–Crippen LogP) is 2.32. The number of rotatable bonds is 1. The Morgan fingerprint density at radius 3 is 3.00 bits per heavy atom. The number of aromatic nitrogens is 3. The normalized spacial score (nSPS) is 11.0. The van der Waals surface area contributed by atoms with Crippen molar-refractivity contribution in [2.24, 2.45) is 0 Å². The summed E-state index contributed by atoms with van der Waals surface area (Å²) in [6.45, 7) is 0. The summed E-state index contributed by atoms with van der Waals surface area (Å²) >= 11 is 6.06. The maximum Gasteiger partial charge on any atom is 0.337 e. The second-order valence-electron chi connectivity index (χ2n) is 3.75. The summed E-state index contributed by atoms with van der Waals surface area (Å²) in [6, 6.07) is 5.12. The lowest BCUT2D eigenvalue weighted by Crippen LogP contribution is -2.02. The third kappa shape index (κ3) is 1.52. The van der Waals surface area contributed by atoms with E-state index in [2.05, 4.69) is 14.7 Å². The van der Waals surface area contributed by atoms with Gasteiger partial charge in [0.25, 0.3) is 0 Å². The monoisotopic (exact) mass is 261 g/mol. The summed E-state index contributed by atoms with van der Waals surface area (Å²) < 4.78 is 6.49. The summed E-state index contributed by atoms with van der Waals surface area (Å²) in [5.41, 5.74) is 2.62. The topological polar surface area (TPSA) is 56.5 Å². The Morgan fingerprint density at radius 1 is 1.39 bits per heavy atom. The number of imidazole rings is 1. The molecule has 0 aliphatic carbocycles. The molecule has 0 radical (unpaired) electrons. The minimum absolute atomic E-state index is 0.349. The van der Waals surface area contributed by atoms with Crippen molar-refractivity contribution in [2.45, 2.75) is 0 Å². The first-order valence-electron chi connectivity index (χ1n) is 5.20. The van der Waals surface area contributed by atoms with Crippen molar-refractivity contribution in [2.75, 3.05) is 7.11 Å². The van der Waals surface area contributed by atoms with Crippen LogP contribution in [0.5, 0.6) is 0 Å². The first-order chi connectivity index (χ1) is 8.70. The van der Waals surface area contributed by atoms with Crippen LogP contribution in [0, 0.1) is 0 Å². The zero-order valence-corrected chi connectivity index (χ0v) is 10.2. The molecule has 0 fully saturated rings. The molecule has 1 aromatic carbocycles. The number of esters is 1. The number of hydrogen-bond donors (Lipinski definition) is 0. The van der Waals surface area contributed by atoms with E-state index in [0.29, 0.717) is 16.2 Å². The van der Waals surface area contributed by atoms with E-state index in [-0.39, 0.29) is 0 Å². The Balaban J connectivity index is 2.35. The molecule has 6 heteroatoms. The molecule has 0 N–H and O–H groups in total. The molecule has 0 saturated heterocycles. The van der Waals surface area contributed by atoms with Crippen molar-refractivity contribution < 1.29 is 9.53 Å². The molecule has 0 amide bonds. The van der Waals surface area contributed by atoms with Crippen LogP contribution in [0.25, 0.3) is 16.6 Å². The molecule has 2 aromatic heterocycles. The second-order valence-corrected chi connectivity index (χ2v) is 4.10. The summed E-state index contributed by atoms with van der Waals surface area (Å²) in [6.07, 6.45) is 3.30. The largest absolute Gasteiger partial charge is 0.465 e. The lowest BCUT2D eigenvalue weighted by molar-refractivity contribution is 0.0601. The molecule has 3 aromatic rings. The smallest absolute Gasteiger partial charge is 0.337 e. The van der Waals surface area contributed by atoms with Gasteiger partial charge in [-0.2, -0.15) is 0 Å². The van der Waals surface area contributed by atoms with Gasteiger partial charge in [-0.15, -0.1) is 0 Å². The highest BCUT2D eigenvalue weighted by Crippen LogP contribution is 2.22. The average Bonchev–Trinajstić information content (AvgIpc) is 2.87. The summed E-state index contributed by atoms with van der Waals surface area (Å²) in [4.78, 5) is 19.7. The number of hydrogen-bond acceptors (Lipinski definition) is 4. The molecule has 0 aliphatic heterocycles. The van der Waals surface area contributed by atoms with Crippen molar-refractivity contribution in [1.29, 1.82) is 0 Å². The van der Waals surface area contributed by atoms with E-state index >= 15 is 0 Å². The molecule has 0 aliphatic rings. The third-order valence-electron chi connectivity index (χ3n) is 2.72. The fourth-order valence-electron chi connectivity index (χ4n) is 1.86. The van der Waals surface area contributed by atoms with Crippen LogP contribution >= 0.6 is 11.6 Å². The molecule has 5 nitrogen and oxygen atoms in total. The molecular formula is C12H8ClN3O2.